The average molecular weight is 590 g/mol. The second-order valence-electron chi connectivity index (χ2n) is 12.2. The van der Waals surface area contributed by atoms with Crippen LogP contribution in [0.1, 0.15) is 181 Å². The van der Waals surface area contributed by atoms with Gasteiger partial charge >= 0.3 is 0 Å². The van der Waals surface area contributed by atoms with Gasteiger partial charge in [-0.2, -0.15) is 0 Å². The van der Waals surface area contributed by atoms with E-state index in [0.717, 1.165) is 44.9 Å². The molecule has 0 aromatic heterocycles. The fraction of sp³-hybridized carbons (Fsp3) is 0.816. The van der Waals surface area contributed by atoms with Gasteiger partial charge in [0.25, 0.3) is 0 Å². The minimum Gasteiger partial charge on any atom is -0.394 e. The molecule has 1 amide bonds. The number of carbonyl (C=O) groups is 1. The standard InChI is InChI=1S/C38H71NO3/c1-3-5-7-9-11-13-15-16-17-18-19-20-21-22-23-24-26-28-30-32-34-38(42)39-36(35-40)37(41)33-31-29-27-25-14-12-10-8-6-4-2/h6,8,14,25,31,33,36-37,40-41H,3-5,7,9-13,15-24,26-30,32,34-35H2,1-2H3,(H,39,42)/b8-6+,25-14+,33-31+. The summed E-state index contributed by atoms with van der Waals surface area (Å²) in [6, 6.07) is -0.639. The summed E-state index contributed by atoms with van der Waals surface area (Å²) < 4.78 is 0. The molecule has 3 N–H and O–H groups in total. The Balaban J connectivity index is 3.57. The predicted octanol–water partition coefficient (Wildman–Crippen LogP) is 10.7. The zero-order valence-corrected chi connectivity index (χ0v) is 28.0. The largest absolute Gasteiger partial charge is 0.394 e. The number of hydrogen-bond acceptors (Lipinski definition) is 3. The van der Waals surface area contributed by atoms with Gasteiger partial charge in [-0.25, -0.2) is 0 Å². The van der Waals surface area contributed by atoms with Crippen molar-refractivity contribution < 1.29 is 15.0 Å². The van der Waals surface area contributed by atoms with Gasteiger partial charge in [-0.15, -0.1) is 0 Å². The molecule has 0 rings (SSSR count). The molecule has 4 heteroatoms. The molecule has 246 valence electrons. The Bertz CT molecular complexity index is 642. The van der Waals surface area contributed by atoms with Crippen molar-refractivity contribution in [2.75, 3.05) is 6.61 Å². The van der Waals surface area contributed by atoms with Crippen molar-refractivity contribution in [2.24, 2.45) is 0 Å². The van der Waals surface area contributed by atoms with Gasteiger partial charge in [-0.3, -0.25) is 4.79 Å². The third-order valence-corrected chi connectivity index (χ3v) is 8.12. The lowest BCUT2D eigenvalue weighted by molar-refractivity contribution is -0.123. The summed E-state index contributed by atoms with van der Waals surface area (Å²) in [5.41, 5.74) is 0. The summed E-state index contributed by atoms with van der Waals surface area (Å²) >= 11 is 0. The van der Waals surface area contributed by atoms with Crippen LogP contribution < -0.4 is 5.32 Å². The van der Waals surface area contributed by atoms with Crippen molar-refractivity contribution in [3.05, 3.63) is 36.5 Å². The molecule has 4 nitrogen and oxygen atoms in total. The van der Waals surface area contributed by atoms with E-state index in [1.54, 1.807) is 6.08 Å². The number of rotatable bonds is 32. The van der Waals surface area contributed by atoms with Gasteiger partial charge in [0.2, 0.25) is 5.91 Å². The third kappa shape index (κ3) is 30.1. The minimum absolute atomic E-state index is 0.0797. The molecule has 0 spiro atoms. The van der Waals surface area contributed by atoms with Crippen LogP contribution in [0.5, 0.6) is 0 Å². The smallest absolute Gasteiger partial charge is 0.220 e. The van der Waals surface area contributed by atoms with Gasteiger partial charge in [0, 0.05) is 6.42 Å². The zero-order chi connectivity index (χ0) is 30.8. The fourth-order valence-electron chi connectivity index (χ4n) is 5.33. The molecule has 0 aliphatic rings. The number of carbonyl (C=O) groups excluding carboxylic acids is 1. The second kappa shape index (κ2) is 34.1. The highest BCUT2D eigenvalue weighted by Gasteiger charge is 2.17. The third-order valence-electron chi connectivity index (χ3n) is 8.12. The molecule has 2 atom stereocenters. The van der Waals surface area contributed by atoms with Crippen molar-refractivity contribution in [1.29, 1.82) is 0 Å². The Kier molecular flexibility index (Phi) is 33.0. The first-order valence-corrected chi connectivity index (χ1v) is 18.2. The van der Waals surface area contributed by atoms with Crippen LogP contribution in [-0.4, -0.2) is 34.9 Å². The van der Waals surface area contributed by atoms with E-state index in [2.05, 4.69) is 43.5 Å². The molecule has 0 radical (unpaired) electrons. The summed E-state index contributed by atoms with van der Waals surface area (Å²) in [5.74, 6) is -0.0797. The van der Waals surface area contributed by atoms with Gasteiger partial charge in [0.15, 0.2) is 0 Å². The Morgan fingerprint density at radius 2 is 0.952 bits per heavy atom. The van der Waals surface area contributed by atoms with Crippen LogP contribution in [0.2, 0.25) is 0 Å². The quantitative estimate of drug-likeness (QED) is 0.0540. The summed E-state index contributed by atoms with van der Waals surface area (Å²) in [4.78, 5) is 12.3. The van der Waals surface area contributed by atoms with Gasteiger partial charge in [0.1, 0.15) is 0 Å². The van der Waals surface area contributed by atoms with E-state index in [-0.39, 0.29) is 12.5 Å². The van der Waals surface area contributed by atoms with Crippen LogP contribution >= 0.6 is 0 Å². The molecule has 0 heterocycles. The molecule has 0 bridgehead atoms. The number of allylic oxidation sites excluding steroid dienone is 5. The average Bonchev–Trinajstić information content (AvgIpc) is 2.99. The lowest BCUT2D eigenvalue weighted by Crippen LogP contribution is -2.45. The Labute approximate surface area is 261 Å². The second-order valence-corrected chi connectivity index (χ2v) is 12.2. The van der Waals surface area contributed by atoms with Crippen molar-refractivity contribution in [3.8, 4) is 0 Å². The van der Waals surface area contributed by atoms with E-state index in [1.165, 1.54) is 116 Å². The number of hydrogen-bond donors (Lipinski definition) is 3. The van der Waals surface area contributed by atoms with Crippen LogP contribution in [0.4, 0.5) is 0 Å². The van der Waals surface area contributed by atoms with Gasteiger partial charge in [-0.05, 0) is 38.5 Å². The number of amides is 1. The van der Waals surface area contributed by atoms with Crippen LogP contribution in [-0.2, 0) is 4.79 Å². The highest BCUT2D eigenvalue weighted by atomic mass is 16.3. The molecular weight excluding hydrogens is 518 g/mol. The van der Waals surface area contributed by atoms with E-state index < -0.39 is 12.1 Å². The molecule has 2 unspecified atom stereocenters. The lowest BCUT2D eigenvalue weighted by Gasteiger charge is -2.19. The molecule has 42 heavy (non-hydrogen) atoms. The van der Waals surface area contributed by atoms with Crippen molar-refractivity contribution in [3.63, 3.8) is 0 Å². The molecular formula is C38H71NO3. The minimum atomic E-state index is -0.864. The van der Waals surface area contributed by atoms with Crippen molar-refractivity contribution in [2.45, 2.75) is 193 Å². The number of nitrogens with one attached hydrogen (secondary N) is 1. The normalized spacial score (nSPS) is 13.5. The summed E-state index contributed by atoms with van der Waals surface area (Å²) in [7, 11) is 0. The summed E-state index contributed by atoms with van der Waals surface area (Å²) in [6.45, 7) is 4.17. The van der Waals surface area contributed by atoms with Gasteiger partial charge < -0.3 is 15.5 Å². The Morgan fingerprint density at radius 3 is 1.36 bits per heavy atom. The number of aliphatic hydroxyl groups is 2. The highest BCUT2D eigenvalue weighted by Crippen LogP contribution is 2.15. The van der Waals surface area contributed by atoms with Crippen LogP contribution in [0.15, 0.2) is 36.5 Å². The van der Waals surface area contributed by atoms with Crippen LogP contribution in [0.3, 0.4) is 0 Å². The maximum Gasteiger partial charge on any atom is 0.220 e. The zero-order valence-electron chi connectivity index (χ0n) is 28.0. The highest BCUT2D eigenvalue weighted by molar-refractivity contribution is 5.76. The SMILES string of the molecule is CC/C=C/CC/C=C/CC/C=C/C(O)C(CO)NC(=O)CCCCCCCCCCCCCCCCCCCCCC. The van der Waals surface area contributed by atoms with E-state index in [9.17, 15) is 15.0 Å². The first kappa shape index (κ1) is 40.6. The molecule has 0 aromatic rings. The molecule has 0 saturated carbocycles. The predicted molar refractivity (Wildman–Crippen MR) is 184 cm³/mol. The molecule has 0 aromatic carbocycles. The molecule has 0 aliphatic heterocycles. The lowest BCUT2D eigenvalue weighted by atomic mass is 10.0. The molecule has 0 aliphatic carbocycles. The van der Waals surface area contributed by atoms with E-state index in [4.69, 9.17) is 0 Å². The number of unbranched alkanes of at least 4 members (excludes halogenated alkanes) is 21. The van der Waals surface area contributed by atoms with Gasteiger partial charge in [0.05, 0.1) is 18.8 Å². The Hall–Kier alpha value is -1.39. The number of aliphatic hydroxyl groups excluding tert-OH is 2. The van der Waals surface area contributed by atoms with Crippen LogP contribution in [0, 0.1) is 0 Å². The first-order valence-electron chi connectivity index (χ1n) is 18.2. The molecule has 0 fully saturated rings. The monoisotopic (exact) mass is 590 g/mol. The van der Waals surface area contributed by atoms with Crippen molar-refractivity contribution in [1.82, 2.24) is 5.32 Å². The van der Waals surface area contributed by atoms with E-state index in [0.29, 0.717) is 6.42 Å². The molecule has 0 saturated heterocycles. The maximum atomic E-state index is 12.3. The van der Waals surface area contributed by atoms with E-state index >= 15 is 0 Å². The summed E-state index contributed by atoms with van der Waals surface area (Å²) in [6.07, 6.45) is 43.8. The first-order chi connectivity index (χ1) is 20.7. The summed E-state index contributed by atoms with van der Waals surface area (Å²) in [5, 5.41) is 22.8. The maximum absolute atomic E-state index is 12.3. The van der Waals surface area contributed by atoms with Crippen LogP contribution in [0.25, 0.3) is 0 Å². The van der Waals surface area contributed by atoms with Crippen molar-refractivity contribution >= 4 is 5.91 Å². The van der Waals surface area contributed by atoms with Gasteiger partial charge in [-0.1, -0.05) is 172 Å². The Morgan fingerprint density at radius 1 is 0.571 bits per heavy atom. The topological polar surface area (TPSA) is 69.6 Å². The van der Waals surface area contributed by atoms with E-state index in [1.807, 2.05) is 6.08 Å². The fourth-order valence-corrected chi connectivity index (χ4v) is 5.33.